The van der Waals surface area contributed by atoms with Crippen molar-refractivity contribution in [2.45, 2.75) is 25.5 Å². The predicted octanol–water partition coefficient (Wildman–Crippen LogP) is -1.16. The number of carbonyl (C=O) groups excluding carboxylic acids is 1. The van der Waals surface area contributed by atoms with E-state index >= 15 is 0 Å². The summed E-state index contributed by atoms with van der Waals surface area (Å²) in [5.41, 5.74) is 0. The van der Waals surface area contributed by atoms with Gasteiger partial charge in [-0.25, -0.2) is 9.59 Å². The Balaban J connectivity index is 2.47. The Kier molecular flexibility index (Phi) is 4.71. The van der Waals surface area contributed by atoms with Crippen LogP contribution in [0.5, 0.6) is 0 Å². The molecular weight excluding hydrogens is 228 g/mol. The molecular formula is C10H18N2O5. The van der Waals surface area contributed by atoms with Crippen LogP contribution in [-0.4, -0.2) is 64.1 Å². The number of urea groups is 1. The third-order valence-corrected chi connectivity index (χ3v) is 2.97. The van der Waals surface area contributed by atoms with Crippen LogP contribution < -0.4 is 5.32 Å². The zero-order valence-electron chi connectivity index (χ0n) is 9.67. The molecule has 1 fully saturated rings. The van der Waals surface area contributed by atoms with Gasteiger partial charge in [-0.15, -0.1) is 0 Å². The van der Waals surface area contributed by atoms with Crippen LogP contribution in [0.1, 0.15) is 13.3 Å². The number of carboxylic acids is 1. The van der Waals surface area contributed by atoms with Crippen LogP contribution in [0.4, 0.5) is 4.79 Å². The van der Waals surface area contributed by atoms with Gasteiger partial charge in [0.05, 0.1) is 12.7 Å². The third kappa shape index (κ3) is 3.57. The molecule has 1 heterocycles. The quantitative estimate of drug-likeness (QED) is 0.500. The molecule has 0 aromatic carbocycles. The standard InChI is InChI=1S/C10H18N2O5/c1-6(14)7-2-3-12(4-7)10(17)11-8(5-13)9(15)16/h6-8,13-14H,2-5H2,1H3,(H,11,17)(H,15,16)/t6?,7?,8-/m1/s1. The van der Waals surface area contributed by atoms with E-state index < -0.39 is 30.8 Å². The molecule has 1 aliphatic rings. The first-order valence-electron chi connectivity index (χ1n) is 5.53. The first kappa shape index (κ1) is 13.7. The number of carbonyl (C=O) groups is 2. The van der Waals surface area contributed by atoms with Gasteiger partial charge in [-0.2, -0.15) is 0 Å². The van der Waals surface area contributed by atoms with Gasteiger partial charge in [0, 0.05) is 19.0 Å². The minimum Gasteiger partial charge on any atom is -0.480 e. The van der Waals surface area contributed by atoms with Crippen LogP contribution in [-0.2, 0) is 4.79 Å². The van der Waals surface area contributed by atoms with Gasteiger partial charge in [-0.05, 0) is 13.3 Å². The van der Waals surface area contributed by atoms with E-state index in [-0.39, 0.29) is 5.92 Å². The highest BCUT2D eigenvalue weighted by Crippen LogP contribution is 2.19. The van der Waals surface area contributed by atoms with E-state index in [2.05, 4.69) is 5.32 Å². The maximum atomic E-state index is 11.6. The fraction of sp³-hybridized carbons (Fsp3) is 0.800. The Morgan fingerprint density at radius 1 is 1.53 bits per heavy atom. The second kappa shape index (κ2) is 5.83. The topological polar surface area (TPSA) is 110 Å². The second-order valence-electron chi connectivity index (χ2n) is 4.26. The number of hydrogen-bond donors (Lipinski definition) is 4. The fourth-order valence-corrected chi connectivity index (χ4v) is 1.79. The average molecular weight is 246 g/mol. The maximum absolute atomic E-state index is 11.6. The van der Waals surface area contributed by atoms with Gasteiger partial charge in [0.1, 0.15) is 0 Å². The van der Waals surface area contributed by atoms with Crippen LogP contribution in [0.2, 0.25) is 0 Å². The summed E-state index contributed by atoms with van der Waals surface area (Å²) >= 11 is 0. The van der Waals surface area contributed by atoms with Gasteiger partial charge in [0.25, 0.3) is 0 Å². The molecule has 98 valence electrons. The summed E-state index contributed by atoms with van der Waals surface area (Å²) in [6, 6.07) is -1.80. The number of likely N-dealkylation sites (tertiary alicyclic amines) is 1. The zero-order chi connectivity index (χ0) is 13.0. The van der Waals surface area contributed by atoms with Gasteiger partial charge < -0.3 is 25.5 Å². The van der Waals surface area contributed by atoms with E-state index in [9.17, 15) is 14.7 Å². The summed E-state index contributed by atoms with van der Waals surface area (Å²) in [4.78, 5) is 23.7. The summed E-state index contributed by atoms with van der Waals surface area (Å²) in [7, 11) is 0. The summed E-state index contributed by atoms with van der Waals surface area (Å²) < 4.78 is 0. The first-order chi connectivity index (χ1) is 7.95. The van der Waals surface area contributed by atoms with Gasteiger partial charge in [0.2, 0.25) is 0 Å². The monoisotopic (exact) mass is 246 g/mol. The molecule has 0 aromatic heterocycles. The average Bonchev–Trinajstić information content (AvgIpc) is 2.74. The highest BCUT2D eigenvalue weighted by molar-refractivity contribution is 5.82. The summed E-state index contributed by atoms with van der Waals surface area (Å²) in [6.45, 7) is 1.91. The Bertz CT molecular complexity index is 294. The maximum Gasteiger partial charge on any atom is 0.328 e. The van der Waals surface area contributed by atoms with Crippen molar-refractivity contribution in [1.82, 2.24) is 10.2 Å². The zero-order valence-corrected chi connectivity index (χ0v) is 9.67. The Morgan fingerprint density at radius 3 is 2.59 bits per heavy atom. The molecule has 2 unspecified atom stereocenters. The number of hydrogen-bond acceptors (Lipinski definition) is 4. The minimum absolute atomic E-state index is 0.0261. The molecule has 0 saturated carbocycles. The molecule has 1 rings (SSSR count). The lowest BCUT2D eigenvalue weighted by Gasteiger charge is -2.20. The number of carboxylic acid groups (broad SMARTS) is 1. The van der Waals surface area contributed by atoms with Crippen molar-refractivity contribution in [3.63, 3.8) is 0 Å². The van der Waals surface area contributed by atoms with Crippen molar-refractivity contribution in [2.24, 2.45) is 5.92 Å². The van der Waals surface area contributed by atoms with Crippen molar-refractivity contribution >= 4 is 12.0 Å². The van der Waals surface area contributed by atoms with Gasteiger partial charge in [0.15, 0.2) is 6.04 Å². The lowest BCUT2D eigenvalue weighted by molar-refractivity contribution is -0.140. The van der Waals surface area contributed by atoms with Gasteiger partial charge in [-0.1, -0.05) is 0 Å². The Hall–Kier alpha value is -1.34. The van der Waals surface area contributed by atoms with Crippen LogP contribution in [0.15, 0.2) is 0 Å². The number of nitrogens with zero attached hydrogens (tertiary/aromatic N) is 1. The van der Waals surface area contributed by atoms with Crippen molar-refractivity contribution in [2.75, 3.05) is 19.7 Å². The summed E-state index contributed by atoms with van der Waals surface area (Å²) in [5.74, 6) is -1.25. The van der Waals surface area contributed by atoms with Crippen molar-refractivity contribution in [3.05, 3.63) is 0 Å². The van der Waals surface area contributed by atoms with Crippen molar-refractivity contribution in [1.29, 1.82) is 0 Å². The molecule has 0 spiro atoms. The van der Waals surface area contributed by atoms with Crippen LogP contribution >= 0.6 is 0 Å². The van der Waals surface area contributed by atoms with Crippen LogP contribution in [0.3, 0.4) is 0 Å². The van der Waals surface area contributed by atoms with Gasteiger partial charge >= 0.3 is 12.0 Å². The second-order valence-corrected chi connectivity index (χ2v) is 4.26. The number of rotatable bonds is 4. The van der Waals surface area contributed by atoms with E-state index in [1.54, 1.807) is 6.92 Å². The molecule has 17 heavy (non-hydrogen) atoms. The lowest BCUT2D eigenvalue weighted by atomic mass is 10.0. The van der Waals surface area contributed by atoms with Crippen molar-refractivity contribution < 1.29 is 24.9 Å². The lowest BCUT2D eigenvalue weighted by Crippen LogP contribution is -2.49. The minimum atomic E-state index is -1.28. The number of aliphatic hydroxyl groups is 2. The molecule has 0 aliphatic carbocycles. The van der Waals surface area contributed by atoms with E-state index in [1.807, 2.05) is 0 Å². The van der Waals surface area contributed by atoms with Gasteiger partial charge in [-0.3, -0.25) is 0 Å². The number of nitrogens with one attached hydrogen (secondary N) is 1. The Labute approximate surface area is 99.0 Å². The van der Waals surface area contributed by atoms with E-state index in [1.165, 1.54) is 4.90 Å². The molecule has 7 nitrogen and oxygen atoms in total. The Morgan fingerprint density at radius 2 is 2.18 bits per heavy atom. The fourth-order valence-electron chi connectivity index (χ4n) is 1.79. The highest BCUT2D eigenvalue weighted by atomic mass is 16.4. The molecule has 7 heteroatoms. The molecule has 0 aromatic rings. The third-order valence-electron chi connectivity index (χ3n) is 2.97. The number of amides is 2. The van der Waals surface area contributed by atoms with Crippen LogP contribution in [0, 0.1) is 5.92 Å². The van der Waals surface area contributed by atoms with E-state index in [0.29, 0.717) is 19.5 Å². The molecule has 1 saturated heterocycles. The molecule has 1 aliphatic heterocycles. The largest absolute Gasteiger partial charge is 0.480 e. The highest BCUT2D eigenvalue weighted by Gasteiger charge is 2.30. The summed E-state index contributed by atoms with van der Waals surface area (Å²) in [5, 5.41) is 29.0. The molecule has 2 amide bonds. The molecule has 3 atom stereocenters. The van der Waals surface area contributed by atoms with E-state index in [4.69, 9.17) is 10.2 Å². The number of aliphatic hydroxyl groups excluding tert-OH is 2. The first-order valence-corrected chi connectivity index (χ1v) is 5.53. The number of aliphatic carboxylic acids is 1. The SMILES string of the molecule is CC(O)C1CCN(C(=O)N[C@H](CO)C(=O)O)C1. The molecule has 0 radical (unpaired) electrons. The summed E-state index contributed by atoms with van der Waals surface area (Å²) in [6.07, 6.45) is 0.211. The smallest absolute Gasteiger partial charge is 0.328 e. The van der Waals surface area contributed by atoms with E-state index in [0.717, 1.165) is 0 Å². The molecule has 4 N–H and O–H groups in total. The molecule has 0 bridgehead atoms. The predicted molar refractivity (Wildman–Crippen MR) is 58.4 cm³/mol. The normalized spacial score (nSPS) is 23.2. The van der Waals surface area contributed by atoms with Crippen molar-refractivity contribution in [3.8, 4) is 0 Å². The van der Waals surface area contributed by atoms with Crippen LogP contribution in [0.25, 0.3) is 0 Å².